The summed E-state index contributed by atoms with van der Waals surface area (Å²) in [6, 6.07) is 4.13. The molecule has 160 valence electrons. The van der Waals surface area contributed by atoms with Crippen molar-refractivity contribution in [1.29, 1.82) is 0 Å². The van der Waals surface area contributed by atoms with E-state index in [-0.39, 0.29) is 17.5 Å². The number of benzene rings is 1. The maximum atomic E-state index is 15.1. The second-order valence-corrected chi connectivity index (χ2v) is 11.8. The van der Waals surface area contributed by atoms with Crippen molar-refractivity contribution in [3.8, 4) is 11.5 Å². The summed E-state index contributed by atoms with van der Waals surface area (Å²) in [7, 11) is -3.65. The minimum atomic E-state index is -3.65. The fourth-order valence-corrected chi connectivity index (χ4v) is 6.75. The van der Waals surface area contributed by atoms with Crippen molar-refractivity contribution in [2.24, 2.45) is 10.7 Å². The lowest BCUT2D eigenvalue weighted by Gasteiger charge is -2.40. The van der Waals surface area contributed by atoms with E-state index in [0.29, 0.717) is 16.0 Å². The predicted octanol–water partition coefficient (Wildman–Crippen LogP) is 2.99. The van der Waals surface area contributed by atoms with Crippen LogP contribution in [0.5, 0.6) is 0 Å². The molecule has 3 atom stereocenters. The number of sulfone groups is 1. The Hall–Kier alpha value is -2.27. The van der Waals surface area contributed by atoms with Crippen molar-refractivity contribution in [3.63, 3.8) is 0 Å². The first kappa shape index (κ1) is 21.0. The molecule has 2 aliphatic rings. The molecule has 7 nitrogen and oxygen atoms in total. The maximum Gasteiger partial charge on any atom is 0.247 e. The number of amidine groups is 1. The molecule has 11 heteroatoms. The minimum absolute atomic E-state index is 0.0399. The Kier molecular flexibility index (Phi) is 4.81. The molecule has 0 bridgehead atoms. The number of aliphatic imine (C=N–C) groups is 1. The van der Waals surface area contributed by atoms with Gasteiger partial charge < -0.3 is 10.2 Å². The lowest BCUT2D eigenvalue weighted by molar-refractivity contribution is 0.326. The van der Waals surface area contributed by atoms with Gasteiger partial charge in [0.25, 0.3) is 0 Å². The lowest BCUT2D eigenvalue weighted by atomic mass is 9.95. The van der Waals surface area contributed by atoms with Gasteiger partial charge in [-0.3, -0.25) is 4.99 Å². The number of nitrogens with zero attached hydrogens (tertiary/aromatic N) is 3. The second kappa shape index (κ2) is 6.88. The molecule has 30 heavy (non-hydrogen) atoms. The van der Waals surface area contributed by atoms with Gasteiger partial charge in [-0.05, 0) is 50.6 Å². The first-order valence-electron chi connectivity index (χ1n) is 9.11. The molecule has 2 aliphatic heterocycles. The minimum Gasteiger partial charge on any atom is -0.423 e. The number of hydrogen-bond acceptors (Lipinski definition) is 8. The predicted molar refractivity (Wildman–Crippen MR) is 112 cm³/mol. The van der Waals surface area contributed by atoms with Crippen molar-refractivity contribution in [1.82, 2.24) is 10.2 Å². The quantitative estimate of drug-likeness (QED) is 0.759. The summed E-state index contributed by atoms with van der Waals surface area (Å²) in [4.78, 5) is 4.89. The lowest BCUT2D eigenvalue weighted by Crippen LogP contribution is -2.59. The third-order valence-electron chi connectivity index (χ3n) is 5.51. The van der Waals surface area contributed by atoms with Crippen LogP contribution in [0.25, 0.3) is 16.4 Å². The number of hydrogen-bond donors (Lipinski definition) is 1. The summed E-state index contributed by atoms with van der Waals surface area (Å²) in [6.07, 6.45) is 0.995. The number of allylic oxidation sites excluding steroid dienone is 1. The number of alkyl halides is 1. The largest absolute Gasteiger partial charge is 0.423 e. The Balaban J connectivity index is 1.68. The normalized spacial score (nSPS) is 30.0. The molecule has 0 aliphatic carbocycles. The highest BCUT2D eigenvalue weighted by Crippen LogP contribution is 2.49. The highest BCUT2D eigenvalue weighted by Gasteiger charge is 2.54. The molecule has 0 radical (unpaired) electrons. The third-order valence-corrected chi connectivity index (χ3v) is 9.88. The smallest absolute Gasteiger partial charge is 0.247 e. The number of nitrogens with two attached hydrogens (primary N) is 1. The number of rotatable bonds is 3. The zero-order chi connectivity index (χ0) is 21.9. The molecule has 2 N–H and O–H groups in total. The molecule has 0 spiro atoms. The summed E-state index contributed by atoms with van der Waals surface area (Å²) in [5.74, 6) is -0.778. The Morgan fingerprint density at radius 1 is 1.23 bits per heavy atom. The highest BCUT2D eigenvalue weighted by molar-refractivity contribution is 8.09. The maximum absolute atomic E-state index is 15.1. The van der Waals surface area contributed by atoms with Crippen molar-refractivity contribution in [2.75, 3.05) is 5.75 Å². The Morgan fingerprint density at radius 3 is 2.57 bits per heavy atom. The molecule has 1 aromatic heterocycles. The van der Waals surface area contributed by atoms with Gasteiger partial charge in [0.05, 0.1) is 16.5 Å². The summed E-state index contributed by atoms with van der Waals surface area (Å²) < 4.78 is 58.6. The molecule has 1 aromatic carbocycles. The van der Waals surface area contributed by atoms with Crippen molar-refractivity contribution < 1.29 is 21.6 Å². The van der Waals surface area contributed by atoms with E-state index < -0.39 is 37.4 Å². The zero-order valence-electron chi connectivity index (χ0n) is 16.5. The third kappa shape index (κ3) is 3.33. The van der Waals surface area contributed by atoms with Gasteiger partial charge in [-0.1, -0.05) is 0 Å². The molecule has 2 unspecified atom stereocenters. The summed E-state index contributed by atoms with van der Waals surface area (Å²) in [5, 5.41) is 6.52. The van der Waals surface area contributed by atoms with Gasteiger partial charge in [0, 0.05) is 10.5 Å². The van der Waals surface area contributed by atoms with Crippen LogP contribution in [0.1, 0.15) is 26.3 Å². The molecular weight excluding hydrogens is 434 g/mol. The first-order chi connectivity index (χ1) is 13.9. The van der Waals surface area contributed by atoms with Crippen LogP contribution in [0.3, 0.4) is 0 Å². The van der Waals surface area contributed by atoms with Gasteiger partial charge >= 0.3 is 0 Å². The van der Waals surface area contributed by atoms with Crippen LogP contribution in [-0.2, 0) is 9.84 Å². The van der Waals surface area contributed by atoms with E-state index in [4.69, 9.17) is 10.2 Å². The van der Waals surface area contributed by atoms with Crippen molar-refractivity contribution in [2.45, 2.75) is 42.5 Å². The topological polar surface area (TPSA) is 111 Å². The van der Waals surface area contributed by atoms with E-state index >= 15 is 4.39 Å². The summed E-state index contributed by atoms with van der Waals surface area (Å²) in [5.41, 5.74) is 5.49. The molecule has 0 saturated heterocycles. The first-order valence-corrected chi connectivity index (χ1v) is 11.6. The van der Waals surface area contributed by atoms with Crippen molar-refractivity contribution >= 4 is 32.3 Å². The summed E-state index contributed by atoms with van der Waals surface area (Å²) in [6.45, 7) is 4.57. The average molecular weight is 455 g/mol. The van der Waals surface area contributed by atoms with Crippen LogP contribution in [0.15, 0.2) is 40.1 Å². The van der Waals surface area contributed by atoms with Crippen LogP contribution < -0.4 is 5.73 Å². The average Bonchev–Trinajstić information content (AvgIpc) is 3.29. The van der Waals surface area contributed by atoms with Gasteiger partial charge in [-0.25, -0.2) is 17.2 Å². The number of thioether (sulfide) groups is 1. The monoisotopic (exact) mass is 454 g/mol. The van der Waals surface area contributed by atoms with E-state index in [0.717, 1.165) is 18.2 Å². The summed E-state index contributed by atoms with van der Waals surface area (Å²) >= 11 is 1.12. The molecule has 0 fully saturated rings. The van der Waals surface area contributed by atoms with Crippen LogP contribution in [0, 0.1) is 5.82 Å². The van der Waals surface area contributed by atoms with E-state index in [1.165, 1.54) is 32.1 Å². The van der Waals surface area contributed by atoms with E-state index in [1.54, 1.807) is 13.0 Å². The van der Waals surface area contributed by atoms with Gasteiger partial charge in [-0.15, -0.1) is 22.0 Å². The Bertz CT molecular complexity index is 1160. The SMILES string of the molecule is CC1(C)C(N)=N[C@](C)(C2SC(c3cc(F)cc(-c4nnco4)c3)=CC2F)CS1(=O)=O. The molecule has 2 aromatic rings. The molecule has 0 saturated carbocycles. The number of aromatic nitrogens is 2. The van der Waals surface area contributed by atoms with Crippen LogP contribution in [0.2, 0.25) is 0 Å². The fraction of sp³-hybridized carbons (Fsp3) is 0.421. The molecular formula is C19H20F2N4O3S2. The van der Waals surface area contributed by atoms with Gasteiger partial charge in [0.1, 0.15) is 22.6 Å². The van der Waals surface area contributed by atoms with Crippen LogP contribution in [-0.4, -0.2) is 51.9 Å². The second-order valence-electron chi connectivity index (χ2n) is 8.11. The Labute approximate surface area is 176 Å². The molecule has 4 rings (SSSR count). The van der Waals surface area contributed by atoms with Crippen molar-refractivity contribution in [3.05, 3.63) is 42.0 Å². The highest BCUT2D eigenvalue weighted by atomic mass is 32.2. The van der Waals surface area contributed by atoms with Gasteiger partial charge in [0.2, 0.25) is 12.3 Å². The van der Waals surface area contributed by atoms with E-state index in [2.05, 4.69) is 15.2 Å². The van der Waals surface area contributed by atoms with Crippen LogP contribution >= 0.6 is 11.8 Å². The van der Waals surface area contributed by atoms with E-state index in [9.17, 15) is 12.8 Å². The number of halogens is 2. The van der Waals surface area contributed by atoms with Crippen LogP contribution in [0.4, 0.5) is 8.78 Å². The molecule has 0 amide bonds. The zero-order valence-corrected chi connectivity index (χ0v) is 18.1. The van der Waals surface area contributed by atoms with E-state index in [1.807, 2.05) is 0 Å². The van der Waals surface area contributed by atoms with Gasteiger partial charge in [-0.2, -0.15) is 0 Å². The standard InChI is InChI=1S/C19H20F2N4O3S2/c1-18(2)17(22)24-19(3,8-30(18,26)27)15-13(21)7-14(29-15)10-4-11(6-12(20)5-10)16-25-23-9-28-16/h4-7,9,13,15H,8H2,1-3H3,(H2,22,24)/t13?,15?,19-/m0/s1. The fourth-order valence-electron chi connectivity index (χ4n) is 3.57. The Morgan fingerprint density at radius 2 is 1.93 bits per heavy atom. The molecule has 3 heterocycles. The van der Waals surface area contributed by atoms with Gasteiger partial charge in [0.15, 0.2) is 9.84 Å².